The summed E-state index contributed by atoms with van der Waals surface area (Å²) < 4.78 is 33.1. The van der Waals surface area contributed by atoms with E-state index < -0.39 is 9.84 Å². The Morgan fingerprint density at radius 2 is 1.67 bits per heavy atom. The quantitative estimate of drug-likeness (QED) is 0.798. The molecule has 1 amide bonds. The molecule has 1 aromatic carbocycles. The van der Waals surface area contributed by atoms with E-state index in [1.807, 2.05) is 0 Å². The molecule has 1 aromatic rings. The SMILES string of the molecule is COc1cc(N)c(C(=O)N2CCS(=O)(=O)CC2)cc1OC. The average Bonchev–Trinajstić information content (AvgIpc) is 2.46. The van der Waals surface area contributed by atoms with E-state index in [1.54, 1.807) is 0 Å². The maximum absolute atomic E-state index is 12.5. The number of ether oxygens (including phenoxy) is 2. The molecule has 0 bridgehead atoms. The molecule has 1 fully saturated rings. The highest BCUT2D eigenvalue weighted by atomic mass is 32.2. The number of amides is 1. The zero-order valence-corrected chi connectivity index (χ0v) is 12.8. The monoisotopic (exact) mass is 314 g/mol. The Bertz CT molecular complexity index is 643. The summed E-state index contributed by atoms with van der Waals surface area (Å²) >= 11 is 0. The lowest BCUT2D eigenvalue weighted by Gasteiger charge is -2.27. The Morgan fingerprint density at radius 1 is 1.14 bits per heavy atom. The topological polar surface area (TPSA) is 98.9 Å². The summed E-state index contributed by atoms with van der Waals surface area (Å²) in [6.07, 6.45) is 0. The van der Waals surface area contributed by atoms with Crippen LogP contribution in [0.25, 0.3) is 0 Å². The van der Waals surface area contributed by atoms with Crippen LogP contribution in [0.1, 0.15) is 10.4 Å². The molecule has 1 saturated heterocycles. The van der Waals surface area contributed by atoms with Gasteiger partial charge in [-0.05, 0) is 6.07 Å². The van der Waals surface area contributed by atoms with Crippen molar-refractivity contribution in [3.63, 3.8) is 0 Å². The maximum Gasteiger partial charge on any atom is 0.256 e. The first-order valence-electron chi connectivity index (χ1n) is 6.39. The second-order valence-electron chi connectivity index (χ2n) is 4.74. The molecule has 2 N–H and O–H groups in total. The normalized spacial score (nSPS) is 17.3. The Balaban J connectivity index is 2.27. The number of benzene rings is 1. The Morgan fingerprint density at radius 3 is 2.19 bits per heavy atom. The molecule has 1 aliphatic rings. The van der Waals surface area contributed by atoms with E-state index in [-0.39, 0.29) is 41.8 Å². The number of carbonyl (C=O) groups is 1. The van der Waals surface area contributed by atoms with E-state index in [1.165, 1.54) is 31.3 Å². The van der Waals surface area contributed by atoms with E-state index in [0.29, 0.717) is 11.5 Å². The van der Waals surface area contributed by atoms with Gasteiger partial charge in [0.1, 0.15) is 0 Å². The summed E-state index contributed by atoms with van der Waals surface area (Å²) in [6.45, 7) is 0.351. The van der Waals surface area contributed by atoms with Gasteiger partial charge >= 0.3 is 0 Å². The van der Waals surface area contributed by atoms with Crippen molar-refractivity contribution in [3.05, 3.63) is 17.7 Å². The number of rotatable bonds is 3. The smallest absolute Gasteiger partial charge is 0.256 e. The van der Waals surface area contributed by atoms with Crippen LogP contribution in [0.2, 0.25) is 0 Å². The van der Waals surface area contributed by atoms with Crippen molar-refractivity contribution in [2.24, 2.45) is 0 Å². The van der Waals surface area contributed by atoms with Crippen LogP contribution in [0.3, 0.4) is 0 Å². The van der Waals surface area contributed by atoms with Crippen LogP contribution < -0.4 is 15.2 Å². The average molecular weight is 314 g/mol. The fraction of sp³-hybridized carbons (Fsp3) is 0.462. The van der Waals surface area contributed by atoms with Gasteiger partial charge in [0.15, 0.2) is 21.3 Å². The summed E-state index contributed by atoms with van der Waals surface area (Å²) in [6, 6.07) is 3.03. The number of methoxy groups -OCH3 is 2. The van der Waals surface area contributed by atoms with Crippen LogP contribution in [0.15, 0.2) is 12.1 Å². The van der Waals surface area contributed by atoms with E-state index in [2.05, 4.69) is 0 Å². The van der Waals surface area contributed by atoms with Crippen LogP contribution >= 0.6 is 0 Å². The van der Waals surface area contributed by atoms with Crippen molar-refractivity contribution >= 4 is 21.4 Å². The third-order valence-corrected chi connectivity index (χ3v) is 5.03. The van der Waals surface area contributed by atoms with Gasteiger partial charge in [0.2, 0.25) is 0 Å². The molecule has 21 heavy (non-hydrogen) atoms. The first-order chi connectivity index (χ1) is 9.88. The standard InChI is InChI=1S/C13H18N2O5S/c1-19-11-7-9(10(14)8-12(11)20-2)13(16)15-3-5-21(17,18)6-4-15/h7-8H,3-6,14H2,1-2H3. The first-order valence-corrected chi connectivity index (χ1v) is 8.21. The summed E-state index contributed by atoms with van der Waals surface area (Å²) in [4.78, 5) is 13.9. The Labute approximate surface area is 123 Å². The minimum atomic E-state index is -3.03. The van der Waals surface area contributed by atoms with Crippen molar-refractivity contribution in [3.8, 4) is 11.5 Å². The molecular formula is C13H18N2O5S. The van der Waals surface area contributed by atoms with E-state index >= 15 is 0 Å². The molecule has 0 aromatic heterocycles. The zero-order valence-electron chi connectivity index (χ0n) is 12.0. The number of anilines is 1. The van der Waals surface area contributed by atoms with Gasteiger partial charge in [-0.2, -0.15) is 0 Å². The van der Waals surface area contributed by atoms with Crippen molar-refractivity contribution in [1.29, 1.82) is 0 Å². The van der Waals surface area contributed by atoms with Gasteiger partial charge in [0, 0.05) is 24.8 Å². The number of nitrogen functional groups attached to an aromatic ring is 1. The molecule has 7 nitrogen and oxygen atoms in total. The number of carbonyl (C=O) groups excluding carboxylic acids is 1. The third-order valence-electron chi connectivity index (χ3n) is 3.42. The minimum absolute atomic E-state index is 0.0219. The molecule has 1 aliphatic heterocycles. The highest BCUT2D eigenvalue weighted by Crippen LogP contribution is 2.32. The van der Waals surface area contributed by atoms with Crippen LogP contribution in [-0.2, 0) is 9.84 Å². The second kappa shape index (κ2) is 5.80. The predicted octanol–water partition coefficient (Wildman–Crippen LogP) is 0.157. The molecule has 0 unspecified atom stereocenters. The van der Waals surface area contributed by atoms with E-state index in [9.17, 15) is 13.2 Å². The summed E-state index contributed by atoms with van der Waals surface area (Å²) in [5.74, 6) is 0.494. The van der Waals surface area contributed by atoms with Crippen molar-refractivity contribution in [2.45, 2.75) is 0 Å². The van der Waals surface area contributed by atoms with Gasteiger partial charge in [-0.3, -0.25) is 4.79 Å². The number of hydrogen-bond acceptors (Lipinski definition) is 6. The van der Waals surface area contributed by atoms with Gasteiger partial charge in [0.25, 0.3) is 5.91 Å². The highest BCUT2D eigenvalue weighted by Gasteiger charge is 2.27. The van der Waals surface area contributed by atoms with Gasteiger partial charge in [-0.1, -0.05) is 0 Å². The Hall–Kier alpha value is -1.96. The van der Waals surface area contributed by atoms with Gasteiger partial charge in [0.05, 0.1) is 31.3 Å². The predicted molar refractivity (Wildman–Crippen MR) is 78.5 cm³/mol. The van der Waals surface area contributed by atoms with Crippen molar-refractivity contribution < 1.29 is 22.7 Å². The highest BCUT2D eigenvalue weighted by molar-refractivity contribution is 7.91. The minimum Gasteiger partial charge on any atom is -0.493 e. The lowest BCUT2D eigenvalue weighted by atomic mass is 10.1. The molecule has 116 valence electrons. The molecule has 0 aliphatic carbocycles. The molecule has 0 atom stereocenters. The Kier molecular flexibility index (Phi) is 4.26. The summed E-state index contributed by atoms with van der Waals surface area (Å²) in [5, 5.41) is 0. The van der Waals surface area contributed by atoms with Gasteiger partial charge in [-0.25, -0.2) is 8.42 Å². The molecule has 1 heterocycles. The van der Waals surface area contributed by atoms with Crippen LogP contribution in [-0.4, -0.2) is 58.0 Å². The second-order valence-corrected chi connectivity index (χ2v) is 7.04. The number of hydrogen-bond donors (Lipinski definition) is 1. The molecule has 8 heteroatoms. The maximum atomic E-state index is 12.5. The summed E-state index contributed by atoms with van der Waals surface area (Å²) in [7, 11) is -0.0864. The lowest BCUT2D eigenvalue weighted by Crippen LogP contribution is -2.43. The van der Waals surface area contributed by atoms with Crippen molar-refractivity contribution in [1.82, 2.24) is 4.90 Å². The van der Waals surface area contributed by atoms with E-state index in [0.717, 1.165) is 0 Å². The number of sulfone groups is 1. The molecule has 2 rings (SSSR count). The largest absolute Gasteiger partial charge is 0.493 e. The van der Waals surface area contributed by atoms with Crippen LogP contribution in [0.5, 0.6) is 11.5 Å². The summed E-state index contributed by atoms with van der Waals surface area (Å²) in [5.41, 5.74) is 6.43. The molecular weight excluding hydrogens is 296 g/mol. The molecule has 0 saturated carbocycles. The van der Waals surface area contributed by atoms with Crippen LogP contribution in [0, 0.1) is 0 Å². The van der Waals surface area contributed by atoms with Crippen molar-refractivity contribution in [2.75, 3.05) is 44.5 Å². The number of nitrogens with zero attached hydrogens (tertiary/aromatic N) is 1. The molecule has 0 radical (unpaired) electrons. The van der Waals surface area contributed by atoms with E-state index in [4.69, 9.17) is 15.2 Å². The third kappa shape index (κ3) is 3.21. The lowest BCUT2D eigenvalue weighted by molar-refractivity contribution is 0.0771. The first kappa shape index (κ1) is 15.4. The number of nitrogens with two attached hydrogens (primary N) is 1. The van der Waals surface area contributed by atoms with Gasteiger partial charge < -0.3 is 20.1 Å². The fourth-order valence-electron chi connectivity index (χ4n) is 2.17. The van der Waals surface area contributed by atoms with Gasteiger partial charge in [-0.15, -0.1) is 0 Å². The van der Waals surface area contributed by atoms with Crippen LogP contribution in [0.4, 0.5) is 5.69 Å². The zero-order chi connectivity index (χ0) is 15.6. The fourth-order valence-corrected chi connectivity index (χ4v) is 3.37. The molecule has 0 spiro atoms.